The van der Waals surface area contributed by atoms with Gasteiger partial charge in [-0.1, -0.05) is 65.9 Å². The van der Waals surface area contributed by atoms with Crippen LogP contribution in [0.3, 0.4) is 0 Å². The van der Waals surface area contributed by atoms with E-state index in [1.807, 2.05) is 36.4 Å². The summed E-state index contributed by atoms with van der Waals surface area (Å²) in [5.74, 6) is 0.0383. The zero-order valence-corrected chi connectivity index (χ0v) is 18.4. The molecule has 0 radical (unpaired) electrons. The van der Waals surface area contributed by atoms with Gasteiger partial charge in [0.25, 0.3) is 0 Å². The normalized spacial score (nSPS) is 16.4. The molecule has 1 aromatic heterocycles. The Hall–Kier alpha value is -3.18. The second-order valence-electron chi connectivity index (χ2n) is 8.15. The van der Waals surface area contributed by atoms with Crippen LogP contribution in [0.5, 0.6) is 0 Å². The molecule has 1 saturated heterocycles. The molecule has 1 amide bonds. The van der Waals surface area contributed by atoms with E-state index in [9.17, 15) is 4.79 Å². The smallest absolute Gasteiger partial charge is 0.229 e. The number of para-hydroxylation sites is 1. The molecule has 156 valence electrons. The number of rotatable bonds is 4. The molecule has 1 aliphatic rings. The summed E-state index contributed by atoms with van der Waals surface area (Å²) in [5.41, 5.74) is 5.30. The largest absolute Gasteiger partial charge is 0.347 e. The minimum absolute atomic E-state index is 0.0497. The summed E-state index contributed by atoms with van der Waals surface area (Å²) in [5, 5.41) is 4.22. The van der Waals surface area contributed by atoms with Crippen LogP contribution in [-0.4, -0.2) is 24.0 Å². The topological polar surface area (TPSA) is 45.2 Å². The number of carbonyl (C=O) groups is 1. The maximum Gasteiger partial charge on any atom is 0.229 e. The van der Waals surface area contributed by atoms with Crippen molar-refractivity contribution in [3.05, 3.63) is 78.4 Å². The lowest BCUT2D eigenvalue weighted by molar-refractivity contribution is -0.120. The average molecular weight is 428 g/mol. The van der Waals surface area contributed by atoms with Crippen LogP contribution in [-0.2, 0) is 4.79 Å². The van der Waals surface area contributed by atoms with Crippen LogP contribution >= 0.6 is 11.3 Å². The molecule has 4 nitrogen and oxygen atoms in total. The number of anilines is 2. The molecule has 5 rings (SSSR count). The van der Waals surface area contributed by atoms with Crippen molar-refractivity contribution < 1.29 is 4.79 Å². The molecule has 1 N–H and O–H groups in total. The SMILES string of the molecule is Cc1ccc2nc(N3CCCC(C(=O)Nc4ccccc4-c4ccccc4)C3)sc2c1. The Labute approximate surface area is 186 Å². The molecule has 4 aromatic rings. The number of nitrogens with zero attached hydrogens (tertiary/aromatic N) is 2. The number of hydrogen-bond acceptors (Lipinski definition) is 4. The summed E-state index contributed by atoms with van der Waals surface area (Å²) < 4.78 is 1.21. The number of aryl methyl sites for hydroxylation is 1. The number of aromatic nitrogens is 1. The number of carbonyl (C=O) groups excluding carboxylic acids is 1. The Kier molecular flexibility index (Phi) is 5.43. The molecule has 1 unspecified atom stereocenters. The summed E-state index contributed by atoms with van der Waals surface area (Å²) in [7, 11) is 0. The maximum absolute atomic E-state index is 13.2. The van der Waals surface area contributed by atoms with Crippen molar-refractivity contribution in [2.24, 2.45) is 5.92 Å². The van der Waals surface area contributed by atoms with Gasteiger partial charge in [0.05, 0.1) is 16.1 Å². The molecule has 1 atom stereocenters. The second kappa shape index (κ2) is 8.52. The van der Waals surface area contributed by atoms with Crippen molar-refractivity contribution in [3.8, 4) is 11.1 Å². The van der Waals surface area contributed by atoms with E-state index in [4.69, 9.17) is 4.98 Å². The van der Waals surface area contributed by atoms with Gasteiger partial charge < -0.3 is 10.2 Å². The molecule has 0 saturated carbocycles. The lowest BCUT2D eigenvalue weighted by Crippen LogP contribution is -2.40. The Bertz CT molecular complexity index is 1220. The highest BCUT2D eigenvalue weighted by Gasteiger charge is 2.28. The highest BCUT2D eigenvalue weighted by molar-refractivity contribution is 7.22. The van der Waals surface area contributed by atoms with Crippen LogP contribution in [0.4, 0.5) is 10.8 Å². The fraction of sp³-hybridized carbons (Fsp3) is 0.231. The lowest BCUT2D eigenvalue weighted by Gasteiger charge is -2.31. The Morgan fingerprint density at radius 1 is 1.06 bits per heavy atom. The third kappa shape index (κ3) is 4.19. The van der Waals surface area contributed by atoms with Gasteiger partial charge in [-0.2, -0.15) is 0 Å². The zero-order chi connectivity index (χ0) is 21.2. The van der Waals surface area contributed by atoms with Gasteiger partial charge in [0.15, 0.2) is 5.13 Å². The number of amides is 1. The van der Waals surface area contributed by atoms with E-state index < -0.39 is 0 Å². The molecule has 0 bridgehead atoms. The molecule has 2 heterocycles. The number of nitrogens with one attached hydrogen (secondary N) is 1. The van der Waals surface area contributed by atoms with E-state index in [1.165, 1.54) is 10.3 Å². The fourth-order valence-corrected chi connectivity index (χ4v) is 5.31. The van der Waals surface area contributed by atoms with Crippen LogP contribution in [0, 0.1) is 12.8 Å². The molecule has 5 heteroatoms. The average Bonchev–Trinajstić information content (AvgIpc) is 3.23. The number of thiazole rings is 1. The van der Waals surface area contributed by atoms with E-state index in [2.05, 4.69) is 53.5 Å². The van der Waals surface area contributed by atoms with Gasteiger partial charge in [0.2, 0.25) is 5.91 Å². The van der Waals surface area contributed by atoms with Gasteiger partial charge in [-0.15, -0.1) is 0 Å². The molecule has 3 aromatic carbocycles. The van der Waals surface area contributed by atoms with E-state index in [0.29, 0.717) is 6.54 Å². The van der Waals surface area contributed by atoms with Gasteiger partial charge in [0, 0.05) is 24.3 Å². The molecule has 1 aliphatic heterocycles. The number of hydrogen-bond donors (Lipinski definition) is 1. The highest BCUT2D eigenvalue weighted by Crippen LogP contribution is 2.33. The molecular formula is C26H25N3OS. The minimum Gasteiger partial charge on any atom is -0.347 e. The summed E-state index contributed by atoms with van der Waals surface area (Å²) in [6, 6.07) is 24.6. The molecule has 0 spiro atoms. The van der Waals surface area contributed by atoms with Crippen molar-refractivity contribution in [2.75, 3.05) is 23.3 Å². The van der Waals surface area contributed by atoms with Gasteiger partial charge in [-0.25, -0.2) is 4.98 Å². The summed E-state index contributed by atoms with van der Waals surface area (Å²) in [6.07, 6.45) is 1.90. The summed E-state index contributed by atoms with van der Waals surface area (Å²) in [4.78, 5) is 20.3. The third-order valence-electron chi connectivity index (χ3n) is 5.87. The van der Waals surface area contributed by atoms with Gasteiger partial charge in [-0.3, -0.25) is 4.79 Å². The van der Waals surface area contributed by atoms with Crippen LogP contribution < -0.4 is 10.2 Å². The van der Waals surface area contributed by atoms with Gasteiger partial charge >= 0.3 is 0 Å². The first-order chi connectivity index (χ1) is 15.2. The standard InChI is InChI=1S/C26H25N3OS/c1-18-13-14-23-24(16-18)31-26(28-23)29-15-7-10-20(17-29)25(30)27-22-12-6-5-11-21(22)19-8-3-2-4-9-19/h2-6,8-9,11-14,16,20H,7,10,15,17H2,1H3,(H,27,30). The lowest BCUT2D eigenvalue weighted by atomic mass is 9.96. The van der Waals surface area contributed by atoms with Crippen molar-refractivity contribution >= 4 is 38.3 Å². The first-order valence-electron chi connectivity index (χ1n) is 10.7. The third-order valence-corrected chi connectivity index (χ3v) is 6.94. The second-order valence-corrected chi connectivity index (χ2v) is 9.16. The molecule has 0 aliphatic carbocycles. The van der Waals surface area contributed by atoms with Crippen LogP contribution in [0.15, 0.2) is 72.8 Å². The van der Waals surface area contributed by atoms with Crippen molar-refractivity contribution in [1.29, 1.82) is 0 Å². The first kappa shape index (κ1) is 19.8. The quantitative estimate of drug-likeness (QED) is 0.426. The number of piperidine rings is 1. The van der Waals surface area contributed by atoms with Crippen LogP contribution in [0.25, 0.3) is 21.3 Å². The van der Waals surface area contributed by atoms with Crippen molar-refractivity contribution in [2.45, 2.75) is 19.8 Å². The highest BCUT2D eigenvalue weighted by atomic mass is 32.1. The molecule has 31 heavy (non-hydrogen) atoms. The van der Waals surface area contributed by atoms with Gasteiger partial charge in [0.1, 0.15) is 0 Å². The van der Waals surface area contributed by atoms with E-state index in [0.717, 1.165) is 46.8 Å². The fourth-order valence-electron chi connectivity index (χ4n) is 4.22. The predicted molar refractivity (Wildman–Crippen MR) is 130 cm³/mol. The van der Waals surface area contributed by atoms with E-state index >= 15 is 0 Å². The monoisotopic (exact) mass is 427 g/mol. The summed E-state index contributed by atoms with van der Waals surface area (Å²) in [6.45, 7) is 3.76. The first-order valence-corrected chi connectivity index (χ1v) is 11.6. The minimum atomic E-state index is -0.0497. The van der Waals surface area contributed by atoms with E-state index in [1.54, 1.807) is 11.3 Å². The molecular weight excluding hydrogens is 402 g/mol. The van der Waals surface area contributed by atoms with Crippen molar-refractivity contribution in [1.82, 2.24) is 4.98 Å². The Morgan fingerprint density at radius 2 is 1.87 bits per heavy atom. The van der Waals surface area contributed by atoms with Crippen LogP contribution in [0.1, 0.15) is 18.4 Å². The number of fused-ring (bicyclic) bond motifs is 1. The maximum atomic E-state index is 13.2. The Morgan fingerprint density at radius 3 is 2.74 bits per heavy atom. The Balaban J connectivity index is 1.33. The summed E-state index contributed by atoms with van der Waals surface area (Å²) >= 11 is 1.72. The zero-order valence-electron chi connectivity index (χ0n) is 17.5. The molecule has 1 fully saturated rings. The van der Waals surface area contributed by atoms with Gasteiger partial charge in [-0.05, 0) is 49.1 Å². The van der Waals surface area contributed by atoms with Crippen LogP contribution in [0.2, 0.25) is 0 Å². The number of benzene rings is 3. The van der Waals surface area contributed by atoms with Crippen molar-refractivity contribution in [3.63, 3.8) is 0 Å². The van der Waals surface area contributed by atoms with E-state index in [-0.39, 0.29) is 11.8 Å². The predicted octanol–water partition coefficient (Wildman–Crippen LogP) is 6.13.